The molecule has 2 amide bonds. The molecule has 0 aliphatic carbocycles. The SMILES string of the molecule is CC(O)C1CCN(C(=O)CCNC(=O)c2ccc(C(C)(C)C)cc2)C1. The Balaban J connectivity index is 1.78. The summed E-state index contributed by atoms with van der Waals surface area (Å²) in [5.41, 5.74) is 1.85. The van der Waals surface area contributed by atoms with Crippen molar-refractivity contribution in [3.8, 4) is 0 Å². The van der Waals surface area contributed by atoms with Gasteiger partial charge in [-0.05, 0) is 36.5 Å². The lowest BCUT2D eigenvalue weighted by Crippen LogP contribution is -2.34. The van der Waals surface area contributed by atoms with Crippen LogP contribution in [0.4, 0.5) is 0 Å². The van der Waals surface area contributed by atoms with E-state index < -0.39 is 0 Å². The molecule has 1 aliphatic rings. The Kier molecular flexibility index (Phi) is 6.22. The highest BCUT2D eigenvalue weighted by atomic mass is 16.3. The largest absolute Gasteiger partial charge is 0.393 e. The molecule has 5 nitrogen and oxygen atoms in total. The van der Waals surface area contributed by atoms with E-state index in [1.54, 1.807) is 11.8 Å². The van der Waals surface area contributed by atoms with Crippen molar-refractivity contribution in [2.75, 3.05) is 19.6 Å². The van der Waals surface area contributed by atoms with Gasteiger partial charge in [0.15, 0.2) is 0 Å². The van der Waals surface area contributed by atoms with Crippen LogP contribution in [0.3, 0.4) is 0 Å². The maximum atomic E-state index is 12.2. The Hall–Kier alpha value is -1.88. The van der Waals surface area contributed by atoms with Crippen LogP contribution in [-0.4, -0.2) is 47.6 Å². The normalized spacial score (nSPS) is 18.9. The molecule has 1 aromatic carbocycles. The number of likely N-dealkylation sites (tertiary alicyclic amines) is 1. The van der Waals surface area contributed by atoms with Crippen LogP contribution in [0.1, 0.15) is 56.5 Å². The van der Waals surface area contributed by atoms with Gasteiger partial charge in [-0.3, -0.25) is 9.59 Å². The van der Waals surface area contributed by atoms with Crippen LogP contribution in [0, 0.1) is 5.92 Å². The van der Waals surface area contributed by atoms with E-state index in [4.69, 9.17) is 0 Å². The molecule has 138 valence electrons. The van der Waals surface area contributed by atoms with E-state index in [0.29, 0.717) is 31.6 Å². The molecule has 1 aromatic rings. The highest BCUT2D eigenvalue weighted by Gasteiger charge is 2.28. The first-order valence-corrected chi connectivity index (χ1v) is 9.03. The zero-order valence-electron chi connectivity index (χ0n) is 15.7. The molecule has 2 rings (SSSR count). The second-order valence-electron chi connectivity index (χ2n) is 7.96. The number of hydrogen-bond donors (Lipinski definition) is 2. The standard InChI is InChI=1S/C20H30N2O3/c1-14(23)16-10-12-22(13-16)18(24)9-11-21-19(25)15-5-7-17(8-6-15)20(2,3)4/h5-8,14,16,23H,9-13H2,1-4H3,(H,21,25). The van der Waals surface area contributed by atoms with Gasteiger partial charge in [0.05, 0.1) is 6.10 Å². The lowest BCUT2D eigenvalue weighted by molar-refractivity contribution is -0.130. The van der Waals surface area contributed by atoms with Crippen LogP contribution in [0.2, 0.25) is 0 Å². The molecule has 2 N–H and O–H groups in total. The lowest BCUT2D eigenvalue weighted by atomic mass is 9.87. The zero-order valence-corrected chi connectivity index (χ0v) is 15.7. The molecule has 1 heterocycles. The average molecular weight is 346 g/mol. The van der Waals surface area contributed by atoms with Crippen LogP contribution in [0.15, 0.2) is 24.3 Å². The van der Waals surface area contributed by atoms with Crippen LogP contribution in [0.5, 0.6) is 0 Å². The summed E-state index contributed by atoms with van der Waals surface area (Å²) in [5, 5.41) is 12.4. The van der Waals surface area contributed by atoms with Crippen LogP contribution < -0.4 is 5.32 Å². The molecule has 0 aromatic heterocycles. The number of nitrogens with zero attached hydrogens (tertiary/aromatic N) is 1. The number of rotatable bonds is 5. The molecule has 2 atom stereocenters. The number of carbonyl (C=O) groups excluding carboxylic acids is 2. The summed E-state index contributed by atoms with van der Waals surface area (Å²) >= 11 is 0. The molecular formula is C20H30N2O3. The fraction of sp³-hybridized carbons (Fsp3) is 0.600. The number of benzene rings is 1. The van der Waals surface area contributed by atoms with Gasteiger partial charge in [-0.1, -0.05) is 32.9 Å². The van der Waals surface area contributed by atoms with E-state index >= 15 is 0 Å². The van der Waals surface area contributed by atoms with E-state index in [1.165, 1.54) is 5.56 Å². The molecule has 1 saturated heterocycles. The van der Waals surface area contributed by atoms with Gasteiger partial charge in [0, 0.05) is 37.5 Å². The number of carbonyl (C=O) groups is 2. The van der Waals surface area contributed by atoms with Crippen molar-refractivity contribution in [3.05, 3.63) is 35.4 Å². The summed E-state index contributed by atoms with van der Waals surface area (Å²) in [4.78, 5) is 26.1. The van der Waals surface area contributed by atoms with Gasteiger partial charge in [0.25, 0.3) is 5.91 Å². The third kappa shape index (κ3) is 5.30. The number of hydrogen-bond acceptors (Lipinski definition) is 3. The number of nitrogens with one attached hydrogen (secondary N) is 1. The van der Waals surface area contributed by atoms with Crippen molar-refractivity contribution in [2.45, 2.75) is 52.1 Å². The van der Waals surface area contributed by atoms with Gasteiger partial charge >= 0.3 is 0 Å². The van der Waals surface area contributed by atoms with Gasteiger partial charge in [-0.25, -0.2) is 0 Å². The summed E-state index contributed by atoms with van der Waals surface area (Å²) in [7, 11) is 0. The number of aliphatic hydroxyl groups is 1. The quantitative estimate of drug-likeness (QED) is 0.860. The zero-order chi connectivity index (χ0) is 18.6. The Labute approximate surface area is 150 Å². The first-order valence-electron chi connectivity index (χ1n) is 9.03. The van der Waals surface area contributed by atoms with E-state index in [0.717, 1.165) is 6.42 Å². The van der Waals surface area contributed by atoms with Gasteiger partial charge in [-0.15, -0.1) is 0 Å². The Morgan fingerprint density at radius 3 is 2.44 bits per heavy atom. The Morgan fingerprint density at radius 2 is 1.92 bits per heavy atom. The number of aliphatic hydroxyl groups excluding tert-OH is 1. The predicted octanol–water partition coefficient (Wildman–Crippen LogP) is 2.33. The monoisotopic (exact) mass is 346 g/mol. The summed E-state index contributed by atoms with van der Waals surface area (Å²) < 4.78 is 0. The van der Waals surface area contributed by atoms with Crippen LogP contribution in [-0.2, 0) is 10.2 Å². The van der Waals surface area contributed by atoms with Gasteiger partial charge in [-0.2, -0.15) is 0 Å². The fourth-order valence-corrected chi connectivity index (χ4v) is 3.07. The van der Waals surface area contributed by atoms with Crippen LogP contribution >= 0.6 is 0 Å². The molecule has 0 spiro atoms. The minimum atomic E-state index is -0.381. The minimum Gasteiger partial charge on any atom is -0.393 e. The highest BCUT2D eigenvalue weighted by molar-refractivity contribution is 5.94. The van der Waals surface area contributed by atoms with Crippen molar-refractivity contribution < 1.29 is 14.7 Å². The first kappa shape index (κ1) is 19.4. The van der Waals surface area contributed by atoms with Crippen LogP contribution in [0.25, 0.3) is 0 Å². The molecule has 1 fully saturated rings. The maximum absolute atomic E-state index is 12.2. The molecule has 0 saturated carbocycles. The van der Waals surface area contributed by atoms with E-state index in [-0.39, 0.29) is 29.3 Å². The predicted molar refractivity (Wildman–Crippen MR) is 98.5 cm³/mol. The summed E-state index contributed by atoms with van der Waals surface area (Å²) in [5.74, 6) is 0.0444. The van der Waals surface area contributed by atoms with Crippen molar-refractivity contribution in [1.82, 2.24) is 10.2 Å². The molecule has 1 aliphatic heterocycles. The maximum Gasteiger partial charge on any atom is 0.251 e. The lowest BCUT2D eigenvalue weighted by Gasteiger charge is -2.19. The molecule has 25 heavy (non-hydrogen) atoms. The first-order chi connectivity index (χ1) is 11.7. The van der Waals surface area contributed by atoms with Gasteiger partial charge in [0.1, 0.15) is 0 Å². The molecule has 5 heteroatoms. The molecule has 0 bridgehead atoms. The molecule has 0 radical (unpaired) electrons. The van der Waals surface area contributed by atoms with Crippen molar-refractivity contribution in [1.29, 1.82) is 0 Å². The summed E-state index contributed by atoms with van der Waals surface area (Å²) in [6.07, 6.45) is 0.752. The smallest absolute Gasteiger partial charge is 0.251 e. The Bertz CT molecular complexity index is 602. The van der Waals surface area contributed by atoms with E-state index in [1.807, 2.05) is 24.3 Å². The summed E-state index contributed by atoms with van der Waals surface area (Å²) in [6.45, 7) is 9.80. The van der Waals surface area contributed by atoms with Gasteiger partial charge in [0.2, 0.25) is 5.91 Å². The van der Waals surface area contributed by atoms with Crippen molar-refractivity contribution in [2.24, 2.45) is 5.92 Å². The topological polar surface area (TPSA) is 69.6 Å². The van der Waals surface area contributed by atoms with E-state index in [9.17, 15) is 14.7 Å². The minimum absolute atomic E-state index is 0.0338. The fourth-order valence-electron chi connectivity index (χ4n) is 3.07. The number of amides is 2. The average Bonchev–Trinajstić information content (AvgIpc) is 3.04. The summed E-state index contributed by atoms with van der Waals surface area (Å²) in [6, 6.07) is 7.60. The molecular weight excluding hydrogens is 316 g/mol. The third-order valence-corrected chi connectivity index (χ3v) is 4.90. The van der Waals surface area contributed by atoms with Crippen molar-refractivity contribution in [3.63, 3.8) is 0 Å². The Morgan fingerprint density at radius 1 is 1.28 bits per heavy atom. The third-order valence-electron chi connectivity index (χ3n) is 4.90. The highest BCUT2D eigenvalue weighted by Crippen LogP contribution is 2.22. The van der Waals surface area contributed by atoms with Gasteiger partial charge < -0.3 is 15.3 Å². The molecule has 2 unspecified atom stereocenters. The second-order valence-corrected chi connectivity index (χ2v) is 7.96. The second kappa shape index (κ2) is 8.00. The van der Waals surface area contributed by atoms with Crippen molar-refractivity contribution >= 4 is 11.8 Å². The van der Waals surface area contributed by atoms with E-state index in [2.05, 4.69) is 26.1 Å².